The molecule has 1 aromatic carbocycles. The smallest absolute Gasteiger partial charge is 0.252 e. The number of carbonyl (C=O) groups is 1. The lowest BCUT2D eigenvalue weighted by atomic mass is 9.80. The number of pyridine rings is 1. The molecule has 5 nitrogen and oxygen atoms in total. The van der Waals surface area contributed by atoms with E-state index in [0.29, 0.717) is 17.3 Å². The molecular weight excluding hydrogens is 348 g/mol. The van der Waals surface area contributed by atoms with Crippen molar-refractivity contribution in [2.75, 3.05) is 11.4 Å². The molecular formula is C23H28N4O. The molecule has 3 rings (SSSR count). The lowest BCUT2D eigenvalue weighted by Crippen LogP contribution is -2.25. The fourth-order valence-corrected chi connectivity index (χ4v) is 3.95. The van der Waals surface area contributed by atoms with Crippen LogP contribution in [0.15, 0.2) is 42.6 Å². The first-order valence-corrected chi connectivity index (χ1v) is 10.0. The largest absolute Gasteiger partial charge is 0.365 e. The predicted molar refractivity (Wildman–Crippen MR) is 111 cm³/mol. The highest BCUT2D eigenvalue weighted by molar-refractivity contribution is 5.98. The topological polar surface area (TPSA) is 83.0 Å². The molecule has 1 aromatic heterocycles. The minimum Gasteiger partial charge on any atom is -0.365 e. The van der Waals surface area contributed by atoms with Crippen molar-refractivity contribution in [2.24, 2.45) is 11.7 Å². The van der Waals surface area contributed by atoms with Gasteiger partial charge in [-0.3, -0.25) is 4.79 Å². The summed E-state index contributed by atoms with van der Waals surface area (Å²) in [5.41, 5.74) is 7.68. The number of primary amides is 1. The van der Waals surface area contributed by atoms with Gasteiger partial charge in [0.2, 0.25) is 0 Å². The van der Waals surface area contributed by atoms with Gasteiger partial charge in [0.1, 0.15) is 5.82 Å². The number of benzene rings is 1. The van der Waals surface area contributed by atoms with E-state index in [0.717, 1.165) is 49.9 Å². The molecule has 1 saturated carbocycles. The molecule has 1 aliphatic carbocycles. The molecule has 146 valence electrons. The van der Waals surface area contributed by atoms with Crippen LogP contribution in [0.4, 0.5) is 11.5 Å². The molecule has 0 aliphatic heterocycles. The molecule has 1 fully saturated rings. The Morgan fingerprint density at radius 1 is 1.25 bits per heavy atom. The lowest BCUT2D eigenvalue weighted by molar-refractivity contribution is 0.100. The maximum absolute atomic E-state index is 11.9. The van der Waals surface area contributed by atoms with E-state index in [1.54, 1.807) is 18.3 Å². The number of nitriles is 1. The van der Waals surface area contributed by atoms with Gasteiger partial charge < -0.3 is 10.6 Å². The Morgan fingerprint density at radius 2 is 1.93 bits per heavy atom. The van der Waals surface area contributed by atoms with E-state index in [-0.39, 0.29) is 5.41 Å². The van der Waals surface area contributed by atoms with Crippen LogP contribution in [0.25, 0.3) is 0 Å². The van der Waals surface area contributed by atoms with Gasteiger partial charge in [0.15, 0.2) is 0 Å². The van der Waals surface area contributed by atoms with Crippen LogP contribution in [0.5, 0.6) is 0 Å². The molecule has 0 radical (unpaired) electrons. The summed E-state index contributed by atoms with van der Waals surface area (Å²) >= 11 is 0. The summed E-state index contributed by atoms with van der Waals surface area (Å²) in [4.78, 5) is 18.4. The van der Waals surface area contributed by atoms with Crippen LogP contribution in [0.2, 0.25) is 0 Å². The Bertz CT molecular complexity index is 861. The van der Waals surface area contributed by atoms with Crippen molar-refractivity contribution in [1.82, 2.24) is 4.98 Å². The minimum absolute atomic E-state index is 0.356. The van der Waals surface area contributed by atoms with E-state index in [1.807, 2.05) is 12.1 Å². The average Bonchev–Trinajstić information content (AvgIpc) is 3.19. The molecule has 0 spiro atoms. The lowest BCUT2D eigenvalue weighted by Gasteiger charge is -2.27. The quantitative estimate of drug-likeness (QED) is 0.759. The first-order chi connectivity index (χ1) is 13.5. The Balaban J connectivity index is 1.98. The van der Waals surface area contributed by atoms with Crippen molar-refractivity contribution in [1.29, 1.82) is 5.26 Å². The molecule has 1 amide bonds. The second-order valence-electron chi connectivity index (χ2n) is 8.02. The van der Waals surface area contributed by atoms with Gasteiger partial charge in [-0.2, -0.15) is 5.26 Å². The summed E-state index contributed by atoms with van der Waals surface area (Å²) in [6.45, 7) is 5.08. The normalized spacial score (nSPS) is 15.4. The molecule has 5 heteroatoms. The Labute approximate surface area is 167 Å². The van der Waals surface area contributed by atoms with Crippen LogP contribution in [-0.2, 0) is 5.41 Å². The third-order valence-corrected chi connectivity index (χ3v) is 5.64. The van der Waals surface area contributed by atoms with Crippen LogP contribution in [-0.4, -0.2) is 17.4 Å². The SMILES string of the molecule is CC(C)CCN(c1ccc(C2(C#N)CCCC2)cc1)c1ncccc1C(N)=O. The standard InChI is InChI=1S/C23H28N4O/c1-17(2)11-15-27(22-20(21(25)28)6-5-14-26-22)19-9-7-18(8-10-19)23(16-24)12-3-4-13-23/h5-10,14,17H,3-4,11-13,15H2,1-2H3,(H2,25,28). The highest BCUT2D eigenvalue weighted by atomic mass is 16.1. The fourth-order valence-electron chi connectivity index (χ4n) is 3.95. The number of rotatable bonds is 7. The molecule has 0 bridgehead atoms. The summed E-state index contributed by atoms with van der Waals surface area (Å²) in [5, 5.41) is 9.75. The van der Waals surface area contributed by atoms with Gasteiger partial charge in [0.25, 0.3) is 5.91 Å². The van der Waals surface area contributed by atoms with Crippen molar-refractivity contribution in [2.45, 2.75) is 51.4 Å². The number of amides is 1. The van der Waals surface area contributed by atoms with E-state index < -0.39 is 5.91 Å². The second-order valence-corrected chi connectivity index (χ2v) is 8.02. The van der Waals surface area contributed by atoms with Crippen LogP contribution in [0.3, 0.4) is 0 Å². The molecule has 1 heterocycles. The van der Waals surface area contributed by atoms with Gasteiger partial charge in [-0.1, -0.05) is 38.8 Å². The summed E-state index contributed by atoms with van der Waals surface area (Å²) in [7, 11) is 0. The molecule has 0 unspecified atom stereocenters. The van der Waals surface area contributed by atoms with Gasteiger partial charge in [-0.25, -0.2) is 4.98 Å². The van der Waals surface area contributed by atoms with E-state index in [1.165, 1.54) is 0 Å². The summed E-state index contributed by atoms with van der Waals surface area (Å²) in [6.07, 6.45) is 6.69. The zero-order chi connectivity index (χ0) is 20.1. The molecule has 1 aliphatic rings. The number of hydrogen-bond acceptors (Lipinski definition) is 4. The van der Waals surface area contributed by atoms with E-state index in [2.05, 4.69) is 41.9 Å². The first-order valence-electron chi connectivity index (χ1n) is 10.0. The second kappa shape index (κ2) is 8.43. The van der Waals surface area contributed by atoms with Crippen molar-refractivity contribution in [3.05, 3.63) is 53.7 Å². The van der Waals surface area contributed by atoms with E-state index in [4.69, 9.17) is 5.73 Å². The van der Waals surface area contributed by atoms with Crippen LogP contribution in [0, 0.1) is 17.2 Å². The summed E-state index contributed by atoms with van der Waals surface area (Å²) in [6, 6.07) is 14.2. The Morgan fingerprint density at radius 3 is 2.50 bits per heavy atom. The van der Waals surface area contributed by atoms with Crippen LogP contribution < -0.4 is 10.6 Å². The number of hydrogen-bond donors (Lipinski definition) is 1. The molecule has 0 atom stereocenters. The number of aromatic nitrogens is 1. The Hall–Kier alpha value is -2.87. The number of anilines is 2. The molecule has 2 N–H and O–H groups in total. The third-order valence-electron chi connectivity index (χ3n) is 5.64. The summed E-state index contributed by atoms with van der Waals surface area (Å²) < 4.78 is 0. The van der Waals surface area contributed by atoms with Crippen molar-refractivity contribution >= 4 is 17.4 Å². The zero-order valence-electron chi connectivity index (χ0n) is 16.7. The van der Waals surface area contributed by atoms with Crippen molar-refractivity contribution < 1.29 is 4.79 Å². The zero-order valence-corrected chi connectivity index (χ0v) is 16.7. The average molecular weight is 377 g/mol. The number of nitrogens with zero attached hydrogens (tertiary/aromatic N) is 3. The van der Waals surface area contributed by atoms with Crippen LogP contribution >= 0.6 is 0 Å². The summed E-state index contributed by atoms with van der Waals surface area (Å²) in [5.74, 6) is 0.616. The van der Waals surface area contributed by atoms with E-state index in [9.17, 15) is 10.1 Å². The minimum atomic E-state index is -0.483. The number of carbonyl (C=O) groups excluding carboxylic acids is 1. The van der Waals surface area contributed by atoms with Gasteiger partial charge >= 0.3 is 0 Å². The first kappa shape index (κ1) is 19.9. The van der Waals surface area contributed by atoms with Gasteiger partial charge in [-0.15, -0.1) is 0 Å². The monoisotopic (exact) mass is 376 g/mol. The maximum atomic E-state index is 11.9. The highest BCUT2D eigenvalue weighted by Crippen LogP contribution is 2.41. The van der Waals surface area contributed by atoms with Gasteiger partial charge in [0.05, 0.1) is 17.0 Å². The molecule has 2 aromatic rings. The predicted octanol–water partition coefficient (Wildman–Crippen LogP) is 4.70. The van der Waals surface area contributed by atoms with Crippen molar-refractivity contribution in [3.8, 4) is 6.07 Å². The fraction of sp³-hybridized carbons (Fsp3) is 0.435. The van der Waals surface area contributed by atoms with Gasteiger partial charge in [-0.05, 0) is 55.0 Å². The van der Waals surface area contributed by atoms with Crippen molar-refractivity contribution in [3.63, 3.8) is 0 Å². The number of nitrogens with two attached hydrogens (primary N) is 1. The van der Waals surface area contributed by atoms with E-state index >= 15 is 0 Å². The molecule has 28 heavy (non-hydrogen) atoms. The van der Waals surface area contributed by atoms with Crippen LogP contribution in [0.1, 0.15) is 61.9 Å². The van der Waals surface area contributed by atoms with Gasteiger partial charge in [0, 0.05) is 18.4 Å². The third kappa shape index (κ3) is 4.01. The molecule has 0 saturated heterocycles. The maximum Gasteiger partial charge on any atom is 0.252 e. The Kier molecular flexibility index (Phi) is 5.99. The highest BCUT2D eigenvalue weighted by Gasteiger charge is 2.35.